The third-order valence-corrected chi connectivity index (χ3v) is 3.48. The van der Waals surface area contributed by atoms with E-state index < -0.39 is 5.66 Å². The van der Waals surface area contributed by atoms with E-state index in [4.69, 9.17) is 11.5 Å². The second-order valence-corrected chi connectivity index (χ2v) is 4.72. The molecular weight excluding hydrogens is 234 g/mol. The number of hydrogen-bond acceptors (Lipinski definition) is 6. The third kappa shape index (κ3) is 1.67. The number of nitrogens with two attached hydrogens (primary N) is 2. The smallest absolute Gasteiger partial charge is 0.195 e. The summed E-state index contributed by atoms with van der Waals surface area (Å²) in [5, 5.41) is 2.79. The Morgan fingerprint density at radius 3 is 3.06 bits per heavy atom. The predicted octanol–water partition coefficient (Wildman–Crippen LogP) is 0.839. The summed E-state index contributed by atoms with van der Waals surface area (Å²) in [7, 11) is 0. The maximum atomic E-state index is 6.21. The van der Waals surface area contributed by atoms with Crippen molar-refractivity contribution < 1.29 is 0 Å². The first-order valence-electron chi connectivity index (χ1n) is 5.09. The zero-order valence-electron chi connectivity index (χ0n) is 8.92. The Balaban J connectivity index is 2.13. The van der Waals surface area contributed by atoms with Gasteiger partial charge < -0.3 is 11.1 Å². The van der Waals surface area contributed by atoms with Gasteiger partial charge in [0.05, 0.1) is 15.7 Å². The Kier molecular flexibility index (Phi) is 2.13. The van der Waals surface area contributed by atoms with Crippen LogP contribution in [0.25, 0.3) is 10.2 Å². The van der Waals surface area contributed by atoms with Gasteiger partial charge in [-0.05, 0) is 18.2 Å². The van der Waals surface area contributed by atoms with E-state index in [1.54, 1.807) is 23.6 Å². The molecule has 0 amide bonds. The molecule has 0 fully saturated rings. The molecule has 1 aromatic carbocycles. The van der Waals surface area contributed by atoms with Gasteiger partial charge in [-0.1, -0.05) is 6.07 Å². The standard InChI is InChI=1S/C11H11N5S/c12-10-14-4-3-11(13,16-10)7-1-2-9-8(5-7)15-6-17-9/h1-6H,13H2,(H3,12,14,16). The zero-order chi connectivity index (χ0) is 11.9. The fourth-order valence-electron chi connectivity index (χ4n) is 1.79. The molecule has 86 valence electrons. The van der Waals surface area contributed by atoms with Crippen LogP contribution in [0.2, 0.25) is 0 Å². The van der Waals surface area contributed by atoms with Crippen LogP contribution in [0.1, 0.15) is 5.56 Å². The van der Waals surface area contributed by atoms with E-state index in [0.29, 0.717) is 5.96 Å². The highest BCUT2D eigenvalue weighted by Gasteiger charge is 2.26. The first-order chi connectivity index (χ1) is 8.17. The van der Waals surface area contributed by atoms with E-state index in [-0.39, 0.29) is 0 Å². The second kappa shape index (κ2) is 3.54. The number of rotatable bonds is 1. The molecule has 0 spiro atoms. The quantitative estimate of drug-likeness (QED) is 0.694. The van der Waals surface area contributed by atoms with Crippen LogP contribution < -0.4 is 16.8 Å². The largest absolute Gasteiger partial charge is 0.370 e. The molecule has 0 saturated heterocycles. The van der Waals surface area contributed by atoms with Crippen molar-refractivity contribution >= 4 is 27.5 Å². The highest BCUT2D eigenvalue weighted by Crippen LogP contribution is 2.27. The lowest BCUT2D eigenvalue weighted by molar-refractivity contribution is 0.582. The Morgan fingerprint density at radius 1 is 1.35 bits per heavy atom. The zero-order valence-corrected chi connectivity index (χ0v) is 9.74. The fourth-order valence-corrected chi connectivity index (χ4v) is 2.45. The maximum absolute atomic E-state index is 6.21. The number of guanidine groups is 1. The van der Waals surface area contributed by atoms with Gasteiger partial charge in [-0.2, -0.15) is 0 Å². The van der Waals surface area contributed by atoms with Crippen molar-refractivity contribution in [2.75, 3.05) is 0 Å². The lowest BCUT2D eigenvalue weighted by Gasteiger charge is -2.25. The molecule has 6 heteroatoms. The van der Waals surface area contributed by atoms with Gasteiger partial charge in [0.1, 0.15) is 0 Å². The van der Waals surface area contributed by atoms with E-state index in [9.17, 15) is 0 Å². The topological polar surface area (TPSA) is 89.3 Å². The summed E-state index contributed by atoms with van der Waals surface area (Å²) in [4.78, 5) is 8.49. The van der Waals surface area contributed by atoms with Crippen LogP contribution in [0.15, 0.2) is 41.0 Å². The van der Waals surface area contributed by atoms with Crippen LogP contribution in [-0.4, -0.2) is 10.9 Å². The molecule has 17 heavy (non-hydrogen) atoms. The van der Waals surface area contributed by atoms with Gasteiger partial charge in [0.2, 0.25) is 0 Å². The van der Waals surface area contributed by atoms with Crippen LogP contribution >= 0.6 is 11.3 Å². The number of thiazole rings is 1. The first kappa shape index (κ1) is 10.2. The monoisotopic (exact) mass is 245 g/mol. The Morgan fingerprint density at radius 2 is 2.24 bits per heavy atom. The Bertz CT molecular complexity index is 630. The maximum Gasteiger partial charge on any atom is 0.195 e. The summed E-state index contributed by atoms with van der Waals surface area (Å²) >= 11 is 1.60. The summed E-state index contributed by atoms with van der Waals surface area (Å²) < 4.78 is 1.13. The van der Waals surface area contributed by atoms with E-state index in [2.05, 4.69) is 15.3 Å². The van der Waals surface area contributed by atoms with Crippen LogP contribution in [-0.2, 0) is 5.66 Å². The number of nitrogens with zero attached hydrogens (tertiary/aromatic N) is 2. The summed E-state index contributed by atoms with van der Waals surface area (Å²) in [5.41, 5.74) is 14.6. The number of hydrogen-bond donors (Lipinski definition) is 3. The fraction of sp³-hybridized carbons (Fsp3) is 0.0909. The number of nitrogens with one attached hydrogen (secondary N) is 1. The Labute approximate surface area is 102 Å². The summed E-state index contributed by atoms with van der Waals surface area (Å²) in [6.45, 7) is 0. The van der Waals surface area contributed by atoms with Gasteiger partial charge in [0.15, 0.2) is 11.6 Å². The number of aliphatic imine (C=N–C) groups is 1. The average Bonchev–Trinajstić information content (AvgIpc) is 2.75. The minimum Gasteiger partial charge on any atom is -0.370 e. The molecule has 0 saturated carbocycles. The average molecular weight is 245 g/mol. The van der Waals surface area contributed by atoms with Gasteiger partial charge in [-0.25, -0.2) is 9.98 Å². The molecule has 3 rings (SSSR count). The molecule has 0 bridgehead atoms. The highest BCUT2D eigenvalue weighted by molar-refractivity contribution is 7.16. The van der Waals surface area contributed by atoms with Crippen LogP contribution in [0.4, 0.5) is 0 Å². The van der Waals surface area contributed by atoms with Crippen molar-refractivity contribution in [3.63, 3.8) is 0 Å². The van der Waals surface area contributed by atoms with E-state index >= 15 is 0 Å². The second-order valence-electron chi connectivity index (χ2n) is 3.83. The van der Waals surface area contributed by atoms with Crippen molar-refractivity contribution in [1.29, 1.82) is 0 Å². The summed E-state index contributed by atoms with van der Waals surface area (Å²) in [6, 6.07) is 5.89. The van der Waals surface area contributed by atoms with Gasteiger partial charge in [0.25, 0.3) is 0 Å². The van der Waals surface area contributed by atoms with Gasteiger partial charge in [-0.3, -0.25) is 5.73 Å². The molecule has 5 N–H and O–H groups in total. The summed E-state index contributed by atoms with van der Waals surface area (Å²) in [6.07, 6.45) is 3.48. The predicted molar refractivity (Wildman–Crippen MR) is 69.4 cm³/mol. The highest BCUT2D eigenvalue weighted by atomic mass is 32.1. The number of fused-ring (bicyclic) bond motifs is 1. The molecule has 0 radical (unpaired) electrons. The van der Waals surface area contributed by atoms with E-state index in [1.165, 1.54) is 0 Å². The lowest BCUT2D eigenvalue weighted by Crippen LogP contribution is -2.42. The van der Waals surface area contributed by atoms with Crippen molar-refractivity contribution in [3.05, 3.63) is 41.5 Å². The molecule has 1 unspecified atom stereocenters. The molecule has 1 atom stereocenters. The van der Waals surface area contributed by atoms with Crippen molar-refractivity contribution in [2.24, 2.45) is 16.5 Å². The first-order valence-corrected chi connectivity index (χ1v) is 5.97. The minimum absolute atomic E-state index is 0.313. The molecule has 1 aromatic heterocycles. The molecule has 2 aromatic rings. The van der Waals surface area contributed by atoms with Gasteiger partial charge in [-0.15, -0.1) is 11.3 Å². The molecule has 1 aliphatic heterocycles. The van der Waals surface area contributed by atoms with Crippen LogP contribution in [0.5, 0.6) is 0 Å². The number of aromatic nitrogens is 1. The third-order valence-electron chi connectivity index (χ3n) is 2.67. The van der Waals surface area contributed by atoms with Crippen molar-refractivity contribution in [2.45, 2.75) is 5.66 Å². The Hall–Kier alpha value is -1.92. The van der Waals surface area contributed by atoms with Gasteiger partial charge >= 0.3 is 0 Å². The van der Waals surface area contributed by atoms with Crippen LogP contribution in [0, 0.1) is 0 Å². The van der Waals surface area contributed by atoms with Crippen LogP contribution in [0.3, 0.4) is 0 Å². The summed E-state index contributed by atoms with van der Waals surface area (Å²) in [5.74, 6) is 0.313. The normalized spacial score (nSPS) is 23.5. The van der Waals surface area contributed by atoms with E-state index in [0.717, 1.165) is 15.8 Å². The molecule has 1 aliphatic rings. The van der Waals surface area contributed by atoms with Gasteiger partial charge in [0, 0.05) is 11.8 Å². The van der Waals surface area contributed by atoms with E-state index in [1.807, 2.05) is 23.7 Å². The van der Waals surface area contributed by atoms with Crippen molar-refractivity contribution in [3.8, 4) is 0 Å². The minimum atomic E-state index is -0.910. The molecule has 0 aliphatic carbocycles. The lowest BCUT2D eigenvalue weighted by atomic mass is 10.00. The number of benzene rings is 1. The SMILES string of the molecule is NC1=NC(N)(c2ccc3scnc3c2)C=CN1. The molecule has 5 nitrogen and oxygen atoms in total. The molecular formula is C11H11N5S. The van der Waals surface area contributed by atoms with Crippen molar-refractivity contribution in [1.82, 2.24) is 10.3 Å². The molecule has 2 heterocycles.